The Labute approximate surface area is 159 Å². The molecule has 0 unspecified atom stereocenters. The summed E-state index contributed by atoms with van der Waals surface area (Å²) >= 11 is 0. The van der Waals surface area contributed by atoms with E-state index in [2.05, 4.69) is 16.0 Å². The van der Waals surface area contributed by atoms with Crippen LogP contribution in [0.1, 0.15) is 13.8 Å². The van der Waals surface area contributed by atoms with E-state index in [0.717, 1.165) is 0 Å². The minimum Gasteiger partial charge on any atom is -0.497 e. The van der Waals surface area contributed by atoms with E-state index in [-0.39, 0.29) is 24.3 Å². The number of carbonyl (C=O) groups excluding carboxylic acids is 2. The van der Waals surface area contributed by atoms with Crippen molar-refractivity contribution in [3.8, 4) is 11.5 Å². The molecule has 0 aliphatic heterocycles. The van der Waals surface area contributed by atoms with Gasteiger partial charge < -0.3 is 25.4 Å². The Bertz CT molecular complexity index is 806. The summed E-state index contributed by atoms with van der Waals surface area (Å²) in [7, 11) is 3.13. The predicted octanol–water partition coefficient (Wildman–Crippen LogP) is 3.35. The summed E-state index contributed by atoms with van der Waals surface area (Å²) in [5.41, 5.74) is 1.89. The number of amides is 2. The third-order valence-electron chi connectivity index (χ3n) is 3.78. The molecule has 2 amide bonds. The number of carbonyl (C=O) groups is 2. The van der Waals surface area contributed by atoms with E-state index in [4.69, 9.17) is 9.47 Å². The van der Waals surface area contributed by atoms with Crippen LogP contribution in [0.25, 0.3) is 0 Å². The molecule has 0 aromatic heterocycles. The van der Waals surface area contributed by atoms with E-state index in [9.17, 15) is 9.59 Å². The second-order valence-electron chi connectivity index (χ2n) is 6.19. The Kier molecular flexibility index (Phi) is 7.05. The lowest BCUT2D eigenvalue weighted by Gasteiger charge is -2.13. The number of methoxy groups -OCH3 is 2. The van der Waals surface area contributed by atoms with Crippen LogP contribution in [0.3, 0.4) is 0 Å². The zero-order chi connectivity index (χ0) is 19.8. The van der Waals surface area contributed by atoms with E-state index < -0.39 is 0 Å². The second-order valence-corrected chi connectivity index (χ2v) is 6.19. The maximum Gasteiger partial charge on any atom is 0.243 e. The van der Waals surface area contributed by atoms with Crippen LogP contribution in [0.15, 0.2) is 42.5 Å². The molecule has 0 aliphatic carbocycles. The van der Waals surface area contributed by atoms with E-state index in [1.165, 1.54) is 0 Å². The zero-order valence-electron chi connectivity index (χ0n) is 16.0. The molecule has 27 heavy (non-hydrogen) atoms. The highest BCUT2D eigenvalue weighted by Gasteiger charge is 2.10. The quantitative estimate of drug-likeness (QED) is 0.662. The number of ether oxygens (including phenoxy) is 2. The Balaban J connectivity index is 1.97. The van der Waals surface area contributed by atoms with Gasteiger partial charge in [-0.25, -0.2) is 0 Å². The van der Waals surface area contributed by atoms with Crippen molar-refractivity contribution in [3.05, 3.63) is 42.5 Å². The van der Waals surface area contributed by atoms with Gasteiger partial charge in [0.05, 0.1) is 26.5 Å². The lowest BCUT2D eigenvalue weighted by molar-refractivity contribution is -0.119. The van der Waals surface area contributed by atoms with Gasteiger partial charge in [0.1, 0.15) is 11.5 Å². The molecule has 0 saturated carbocycles. The molecule has 2 rings (SSSR count). The molecule has 0 bridgehead atoms. The normalized spacial score (nSPS) is 10.3. The Hall–Kier alpha value is -3.22. The van der Waals surface area contributed by atoms with Crippen molar-refractivity contribution in [3.63, 3.8) is 0 Å². The molecule has 0 fully saturated rings. The van der Waals surface area contributed by atoms with Gasteiger partial charge in [0.25, 0.3) is 0 Å². The van der Waals surface area contributed by atoms with Gasteiger partial charge in [-0.2, -0.15) is 0 Å². The van der Waals surface area contributed by atoms with Gasteiger partial charge in [-0.3, -0.25) is 9.59 Å². The summed E-state index contributed by atoms with van der Waals surface area (Å²) in [6.07, 6.45) is 0. The lowest BCUT2D eigenvalue weighted by Crippen LogP contribution is -2.22. The summed E-state index contributed by atoms with van der Waals surface area (Å²) < 4.78 is 10.5. The molecule has 0 saturated heterocycles. The maximum absolute atomic E-state index is 12.2. The predicted molar refractivity (Wildman–Crippen MR) is 107 cm³/mol. The maximum atomic E-state index is 12.2. The molecule has 2 aromatic carbocycles. The third-order valence-corrected chi connectivity index (χ3v) is 3.78. The molecule has 144 valence electrons. The molecule has 0 aliphatic rings. The Morgan fingerprint density at radius 3 is 2.30 bits per heavy atom. The van der Waals surface area contributed by atoms with E-state index >= 15 is 0 Å². The smallest absolute Gasteiger partial charge is 0.243 e. The van der Waals surface area contributed by atoms with E-state index in [1.807, 2.05) is 13.8 Å². The van der Waals surface area contributed by atoms with Crippen LogP contribution in [0.4, 0.5) is 17.1 Å². The highest BCUT2D eigenvalue weighted by molar-refractivity contribution is 5.96. The second kappa shape index (κ2) is 9.47. The van der Waals surface area contributed by atoms with Crippen LogP contribution in [-0.2, 0) is 9.59 Å². The van der Waals surface area contributed by atoms with Crippen LogP contribution in [0.5, 0.6) is 11.5 Å². The monoisotopic (exact) mass is 371 g/mol. The topological polar surface area (TPSA) is 88.7 Å². The lowest BCUT2D eigenvalue weighted by atomic mass is 10.2. The van der Waals surface area contributed by atoms with Crippen LogP contribution in [0, 0.1) is 5.92 Å². The highest BCUT2D eigenvalue weighted by atomic mass is 16.5. The first-order valence-corrected chi connectivity index (χ1v) is 8.59. The number of anilines is 3. The number of nitrogens with one attached hydrogen (secondary N) is 3. The van der Waals surface area contributed by atoms with Gasteiger partial charge in [-0.1, -0.05) is 19.9 Å². The number of hydrogen-bond acceptors (Lipinski definition) is 5. The Morgan fingerprint density at radius 1 is 0.963 bits per heavy atom. The average molecular weight is 371 g/mol. The first-order chi connectivity index (χ1) is 12.9. The summed E-state index contributed by atoms with van der Waals surface area (Å²) in [5, 5.41) is 8.63. The van der Waals surface area contributed by atoms with Crippen molar-refractivity contribution in [1.29, 1.82) is 0 Å². The number of hydrogen-bond donors (Lipinski definition) is 3. The Morgan fingerprint density at radius 2 is 1.67 bits per heavy atom. The molecule has 0 spiro atoms. The summed E-state index contributed by atoms with van der Waals surface area (Å²) in [6, 6.07) is 12.3. The fraction of sp³-hybridized carbons (Fsp3) is 0.300. The minimum atomic E-state index is -0.229. The van der Waals surface area contributed by atoms with Crippen LogP contribution >= 0.6 is 0 Å². The number of benzene rings is 2. The van der Waals surface area contributed by atoms with Crippen molar-refractivity contribution in [2.24, 2.45) is 5.92 Å². The molecule has 7 nitrogen and oxygen atoms in total. The summed E-state index contributed by atoms with van der Waals surface area (Å²) in [6.45, 7) is 3.69. The third kappa shape index (κ3) is 5.91. The van der Waals surface area contributed by atoms with Crippen molar-refractivity contribution in [1.82, 2.24) is 0 Å². The van der Waals surface area contributed by atoms with E-state index in [1.54, 1.807) is 56.7 Å². The van der Waals surface area contributed by atoms with Gasteiger partial charge in [-0.05, 0) is 30.3 Å². The number of rotatable bonds is 8. The fourth-order valence-electron chi connectivity index (χ4n) is 2.29. The molecule has 0 atom stereocenters. The van der Waals surface area contributed by atoms with Crippen molar-refractivity contribution in [2.45, 2.75) is 13.8 Å². The molecular formula is C20H25N3O4. The SMILES string of the molecule is COc1ccc(OC)c(NCC(=O)Nc2cccc(NC(=O)C(C)C)c2)c1. The molecular weight excluding hydrogens is 346 g/mol. The average Bonchev–Trinajstić information content (AvgIpc) is 2.66. The van der Waals surface area contributed by atoms with Gasteiger partial charge >= 0.3 is 0 Å². The van der Waals surface area contributed by atoms with Gasteiger partial charge in [0.2, 0.25) is 11.8 Å². The largest absolute Gasteiger partial charge is 0.497 e. The zero-order valence-corrected chi connectivity index (χ0v) is 16.0. The molecule has 7 heteroatoms. The first-order valence-electron chi connectivity index (χ1n) is 8.59. The van der Waals surface area contributed by atoms with Crippen molar-refractivity contribution >= 4 is 28.9 Å². The van der Waals surface area contributed by atoms with Crippen molar-refractivity contribution < 1.29 is 19.1 Å². The first kappa shape index (κ1) is 20.1. The van der Waals surface area contributed by atoms with E-state index in [0.29, 0.717) is 28.6 Å². The molecule has 3 N–H and O–H groups in total. The summed E-state index contributed by atoms with van der Waals surface area (Å²) in [5.74, 6) is 0.845. The molecule has 0 heterocycles. The van der Waals surface area contributed by atoms with Crippen molar-refractivity contribution in [2.75, 3.05) is 36.7 Å². The van der Waals surface area contributed by atoms with Gasteiger partial charge in [0.15, 0.2) is 0 Å². The molecule has 2 aromatic rings. The van der Waals surface area contributed by atoms with Crippen LogP contribution in [0.2, 0.25) is 0 Å². The van der Waals surface area contributed by atoms with Crippen LogP contribution < -0.4 is 25.4 Å². The van der Waals surface area contributed by atoms with Gasteiger partial charge in [-0.15, -0.1) is 0 Å². The van der Waals surface area contributed by atoms with Gasteiger partial charge in [0, 0.05) is 23.4 Å². The standard InChI is InChI=1S/C20H25N3O4/c1-13(2)20(25)23-15-7-5-6-14(10-15)22-19(24)12-21-17-11-16(26-3)8-9-18(17)27-4/h5-11,13,21H,12H2,1-4H3,(H,22,24)(H,23,25). The minimum absolute atomic E-state index is 0.0477. The molecule has 0 radical (unpaired) electrons. The summed E-state index contributed by atoms with van der Waals surface area (Å²) in [4.78, 5) is 24.0. The van der Waals surface area contributed by atoms with Crippen LogP contribution in [-0.4, -0.2) is 32.6 Å². The fourth-order valence-corrected chi connectivity index (χ4v) is 2.29. The highest BCUT2D eigenvalue weighted by Crippen LogP contribution is 2.28.